The highest BCUT2D eigenvalue weighted by Crippen LogP contribution is 2.32. The van der Waals surface area contributed by atoms with Crippen molar-refractivity contribution in [3.8, 4) is 17.2 Å². The molecule has 0 saturated heterocycles. The van der Waals surface area contributed by atoms with Gasteiger partial charge in [0.1, 0.15) is 17.2 Å². The van der Waals surface area contributed by atoms with Crippen LogP contribution in [-0.2, 0) is 22.3 Å². The van der Waals surface area contributed by atoms with Crippen molar-refractivity contribution in [3.63, 3.8) is 0 Å². The fourth-order valence-electron chi connectivity index (χ4n) is 3.16. The van der Waals surface area contributed by atoms with Crippen LogP contribution in [-0.4, -0.2) is 23.3 Å². The van der Waals surface area contributed by atoms with Crippen LogP contribution in [0.5, 0.6) is 17.2 Å². The summed E-state index contributed by atoms with van der Waals surface area (Å²) >= 11 is 0. The molecular weight excluding hydrogens is 449 g/mol. The summed E-state index contributed by atoms with van der Waals surface area (Å²) in [7, 11) is 0. The summed E-state index contributed by atoms with van der Waals surface area (Å²) in [5, 5.41) is 9.69. The minimum absolute atomic E-state index is 0.237. The lowest BCUT2D eigenvalue weighted by atomic mass is 10.00. The fourth-order valence-corrected chi connectivity index (χ4v) is 3.16. The maximum atomic E-state index is 12.7. The zero-order chi connectivity index (χ0) is 24.6. The molecular formula is C26H25F3O5. The van der Waals surface area contributed by atoms with E-state index in [1.165, 1.54) is 19.1 Å². The lowest BCUT2D eigenvalue weighted by Gasteiger charge is -2.26. The lowest BCUT2D eigenvalue weighted by molar-refractivity contribution is -0.154. The average molecular weight is 474 g/mol. The molecule has 1 N–H and O–H groups in total. The van der Waals surface area contributed by atoms with Crippen molar-refractivity contribution in [1.82, 2.24) is 0 Å². The number of ether oxygens (including phenoxy) is 3. The van der Waals surface area contributed by atoms with Gasteiger partial charge >= 0.3 is 12.1 Å². The molecule has 0 saturated carbocycles. The average Bonchev–Trinajstić information content (AvgIpc) is 2.80. The first-order chi connectivity index (χ1) is 16.2. The van der Waals surface area contributed by atoms with Crippen molar-refractivity contribution in [2.24, 2.45) is 0 Å². The predicted molar refractivity (Wildman–Crippen MR) is 120 cm³/mol. The van der Waals surface area contributed by atoms with Crippen molar-refractivity contribution in [3.05, 3.63) is 90.0 Å². The summed E-state index contributed by atoms with van der Waals surface area (Å²) in [6.07, 6.45) is -3.69. The Morgan fingerprint density at radius 2 is 1.41 bits per heavy atom. The molecule has 0 aliphatic carbocycles. The molecule has 8 heteroatoms. The minimum Gasteiger partial charge on any atom is -0.478 e. The van der Waals surface area contributed by atoms with Gasteiger partial charge < -0.3 is 19.3 Å². The summed E-state index contributed by atoms with van der Waals surface area (Å²) in [4.78, 5) is 11.8. The second-order valence-electron chi connectivity index (χ2n) is 7.88. The molecule has 0 radical (unpaired) electrons. The van der Waals surface area contributed by atoms with Gasteiger partial charge in [0.05, 0.1) is 12.2 Å². The van der Waals surface area contributed by atoms with Crippen LogP contribution in [0.2, 0.25) is 0 Å². The van der Waals surface area contributed by atoms with Crippen molar-refractivity contribution in [1.29, 1.82) is 0 Å². The van der Waals surface area contributed by atoms with Crippen LogP contribution < -0.4 is 9.47 Å². The van der Waals surface area contributed by atoms with Gasteiger partial charge in [0.2, 0.25) is 5.60 Å². The van der Waals surface area contributed by atoms with Crippen LogP contribution in [0.4, 0.5) is 13.2 Å². The second kappa shape index (κ2) is 11.1. The Kier molecular flexibility index (Phi) is 8.17. The van der Waals surface area contributed by atoms with Crippen LogP contribution >= 0.6 is 0 Å². The van der Waals surface area contributed by atoms with Crippen LogP contribution in [0, 0.1) is 0 Å². The SMILES string of the molecule is CC(CCCOCc1ccccc1)(Oc1ccc(Oc2ccc(C(F)(F)F)cc2)cc1)C(=O)O. The molecule has 3 aromatic rings. The van der Waals surface area contributed by atoms with Crippen LogP contribution in [0.15, 0.2) is 78.9 Å². The highest BCUT2D eigenvalue weighted by atomic mass is 19.4. The maximum Gasteiger partial charge on any atom is 0.416 e. The zero-order valence-electron chi connectivity index (χ0n) is 18.5. The third-order valence-electron chi connectivity index (χ3n) is 5.09. The van der Waals surface area contributed by atoms with Crippen molar-refractivity contribution in [2.75, 3.05) is 6.61 Å². The van der Waals surface area contributed by atoms with Crippen molar-refractivity contribution < 1.29 is 37.3 Å². The summed E-state index contributed by atoms with van der Waals surface area (Å²) in [5.41, 5.74) is -1.17. The molecule has 1 unspecified atom stereocenters. The first-order valence-electron chi connectivity index (χ1n) is 10.6. The number of aliphatic carboxylic acids is 1. The lowest BCUT2D eigenvalue weighted by Crippen LogP contribution is -2.41. The standard InChI is InChI=1S/C26H25F3O5/c1-25(24(30)31,16-5-17-32-18-19-6-3-2-4-7-19)34-23-14-12-22(13-15-23)33-21-10-8-20(9-11-21)26(27,28)29/h2-4,6-15H,5,16-18H2,1H3,(H,30,31). The molecule has 3 rings (SSSR count). The summed E-state index contributed by atoms with van der Waals surface area (Å²) in [6.45, 7) is 2.34. The van der Waals surface area contributed by atoms with E-state index in [2.05, 4.69) is 0 Å². The first kappa shape index (κ1) is 25.1. The molecule has 0 aliphatic rings. The number of benzene rings is 3. The largest absolute Gasteiger partial charge is 0.478 e. The summed E-state index contributed by atoms with van der Waals surface area (Å²) in [6, 6.07) is 20.2. The number of rotatable bonds is 11. The molecule has 0 bridgehead atoms. The molecule has 0 aromatic heterocycles. The third-order valence-corrected chi connectivity index (χ3v) is 5.09. The van der Waals surface area contributed by atoms with Gasteiger partial charge in [-0.25, -0.2) is 4.79 Å². The van der Waals surface area contributed by atoms with Gasteiger partial charge in [-0.3, -0.25) is 0 Å². The molecule has 5 nitrogen and oxygen atoms in total. The molecule has 3 aromatic carbocycles. The van der Waals surface area contributed by atoms with Crippen LogP contribution in [0.25, 0.3) is 0 Å². The highest BCUT2D eigenvalue weighted by molar-refractivity contribution is 5.77. The van der Waals surface area contributed by atoms with Gasteiger partial charge in [-0.15, -0.1) is 0 Å². The fraction of sp³-hybridized carbons (Fsp3) is 0.269. The minimum atomic E-state index is -4.41. The number of alkyl halides is 3. The van der Waals surface area contributed by atoms with E-state index in [0.29, 0.717) is 31.1 Å². The monoisotopic (exact) mass is 474 g/mol. The smallest absolute Gasteiger partial charge is 0.416 e. The molecule has 0 amide bonds. The number of carbonyl (C=O) groups is 1. The molecule has 0 heterocycles. The Labute approximate surface area is 195 Å². The Morgan fingerprint density at radius 1 is 0.853 bits per heavy atom. The van der Waals surface area contributed by atoms with Gasteiger partial charge in [0.25, 0.3) is 0 Å². The van der Waals surface area contributed by atoms with Gasteiger partial charge in [-0.2, -0.15) is 13.2 Å². The predicted octanol–water partition coefficient (Wildman–Crippen LogP) is 6.72. The second-order valence-corrected chi connectivity index (χ2v) is 7.88. The zero-order valence-corrected chi connectivity index (χ0v) is 18.5. The number of carboxylic acid groups (broad SMARTS) is 1. The van der Waals surface area contributed by atoms with E-state index in [0.717, 1.165) is 17.7 Å². The quantitative estimate of drug-likeness (QED) is 0.313. The number of carboxylic acids is 1. The van der Waals surface area contributed by atoms with E-state index in [1.54, 1.807) is 24.3 Å². The topological polar surface area (TPSA) is 65.0 Å². The van der Waals surface area contributed by atoms with E-state index in [1.807, 2.05) is 30.3 Å². The van der Waals surface area contributed by atoms with E-state index in [-0.39, 0.29) is 12.2 Å². The molecule has 34 heavy (non-hydrogen) atoms. The number of halogens is 3. The van der Waals surface area contributed by atoms with E-state index >= 15 is 0 Å². The Hall–Kier alpha value is -3.52. The van der Waals surface area contributed by atoms with Gasteiger partial charge in [0.15, 0.2) is 0 Å². The van der Waals surface area contributed by atoms with Crippen LogP contribution in [0.3, 0.4) is 0 Å². The Balaban J connectivity index is 1.52. The van der Waals surface area contributed by atoms with E-state index in [9.17, 15) is 23.1 Å². The van der Waals surface area contributed by atoms with E-state index in [4.69, 9.17) is 14.2 Å². The van der Waals surface area contributed by atoms with Crippen molar-refractivity contribution >= 4 is 5.97 Å². The van der Waals surface area contributed by atoms with Gasteiger partial charge in [-0.1, -0.05) is 30.3 Å². The number of hydrogen-bond acceptors (Lipinski definition) is 4. The molecule has 180 valence electrons. The Morgan fingerprint density at radius 3 is 1.97 bits per heavy atom. The number of hydrogen-bond donors (Lipinski definition) is 1. The Bertz CT molecular complexity index is 1050. The van der Waals surface area contributed by atoms with Gasteiger partial charge in [0, 0.05) is 6.61 Å². The molecule has 0 fully saturated rings. The van der Waals surface area contributed by atoms with Gasteiger partial charge in [-0.05, 0) is 73.9 Å². The molecule has 1 atom stereocenters. The van der Waals surface area contributed by atoms with Crippen molar-refractivity contribution in [2.45, 2.75) is 38.1 Å². The molecule has 0 aliphatic heterocycles. The molecule has 0 spiro atoms. The maximum absolute atomic E-state index is 12.7. The highest BCUT2D eigenvalue weighted by Gasteiger charge is 2.35. The van der Waals surface area contributed by atoms with Crippen LogP contribution in [0.1, 0.15) is 30.9 Å². The summed E-state index contributed by atoms with van der Waals surface area (Å²) in [5.74, 6) is -0.151. The first-order valence-corrected chi connectivity index (χ1v) is 10.6. The normalized spacial score (nSPS) is 13.2. The summed E-state index contributed by atoms with van der Waals surface area (Å²) < 4.78 is 54.9. The van der Waals surface area contributed by atoms with E-state index < -0.39 is 23.3 Å². The third kappa shape index (κ3) is 7.25.